The molecule has 1 aromatic carbocycles. The Bertz CT molecular complexity index is 702. The Morgan fingerprint density at radius 3 is 2.61 bits per heavy atom. The molecule has 0 aliphatic rings. The van der Waals surface area contributed by atoms with Crippen LogP contribution in [-0.2, 0) is 9.84 Å². The molecule has 0 unspecified atom stereocenters. The lowest BCUT2D eigenvalue weighted by Crippen LogP contribution is -1.99. The predicted molar refractivity (Wildman–Crippen MR) is 66.8 cm³/mol. The van der Waals surface area contributed by atoms with E-state index < -0.39 is 9.84 Å². The van der Waals surface area contributed by atoms with E-state index in [4.69, 9.17) is 0 Å². The number of nitrogens with zero attached hydrogens (tertiary/aromatic N) is 2. The molecule has 0 aliphatic carbocycles. The molecule has 2 aromatic rings. The average molecular weight is 264 g/mol. The summed E-state index contributed by atoms with van der Waals surface area (Å²) in [6.45, 7) is 1.87. The maximum atomic E-state index is 11.4. The summed E-state index contributed by atoms with van der Waals surface area (Å²) >= 11 is 0. The van der Waals surface area contributed by atoms with E-state index in [-0.39, 0.29) is 4.90 Å². The first-order valence-corrected chi connectivity index (χ1v) is 7.12. The fourth-order valence-corrected chi connectivity index (χ4v) is 2.11. The van der Waals surface area contributed by atoms with Crippen LogP contribution >= 0.6 is 0 Å². The minimum Gasteiger partial charge on any atom is -0.298 e. The second kappa shape index (κ2) is 4.38. The largest absolute Gasteiger partial charge is 0.298 e. The number of carbonyl (C=O) groups is 1. The van der Waals surface area contributed by atoms with Gasteiger partial charge in [-0.25, -0.2) is 13.1 Å². The Hall–Kier alpha value is -1.95. The number of aromatic nitrogens is 2. The van der Waals surface area contributed by atoms with Crippen molar-refractivity contribution >= 4 is 16.1 Å². The molecule has 0 atom stereocenters. The summed E-state index contributed by atoms with van der Waals surface area (Å²) in [5.41, 5.74) is 2.12. The van der Waals surface area contributed by atoms with Crippen molar-refractivity contribution in [3.63, 3.8) is 0 Å². The smallest absolute Gasteiger partial charge is 0.178 e. The molecule has 0 amide bonds. The van der Waals surface area contributed by atoms with Crippen LogP contribution in [0.25, 0.3) is 5.69 Å². The third-order valence-electron chi connectivity index (χ3n) is 2.60. The van der Waals surface area contributed by atoms with Gasteiger partial charge in [0, 0.05) is 18.0 Å². The first-order valence-electron chi connectivity index (χ1n) is 5.23. The maximum absolute atomic E-state index is 11.4. The first kappa shape index (κ1) is 12.5. The van der Waals surface area contributed by atoms with Crippen molar-refractivity contribution in [2.24, 2.45) is 0 Å². The van der Waals surface area contributed by atoms with Gasteiger partial charge in [-0.1, -0.05) is 12.1 Å². The minimum absolute atomic E-state index is 0.151. The summed E-state index contributed by atoms with van der Waals surface area (Å²) in [5, 5.41) is 4.01. The van der Waals surface area contributed by atoms with Crippen LogP contribution < -0.4 is 0 Å². The van der Waals surface area contributed by atoms with E-state index in [1.807, 2.05) is 6.92 Å². The normalized spacial score (nSPS) is 11.4. The summed E-state index contributed by atoms with van der Waals surface area (Å²) in [5.74, 6) is 0. The molecule has 2 rings (SSSR count). The Balaban J connectivity index is 2.55. The molecule has 0 spiro atoms. The molecule has 0 aliphatic heterocycles. The molecule has 94 valence electrons. The predicted octanol–water partition coefficient (Wildman–Crippen LogP) is 1.40. The second-order valence-corrected chi connectivity index (χ2v) is 6.07. The summed E-state index contributed by atoms with van der Waals surface area (Å²) in [4.78, 5) is 10.9. The second-order valence-electron chi connectivity index (χ2n) is 4.06. The van der Waals surface area contributed by atoms with Crippen LogP contribution in [-0.4, -0.2) is 30.7 Å². The monoisotopic (exact) mass is 264 g/mol. The Morgan fingerprint density at radius 1 is 1.33 bits per heavy atom. The molecular weight excluding hydrogens is 252 g/mol. The van der Waals surface area contributed by atoms with Crippen molar-refractivity contribution < 1.29 is 13.2 Å². The molecule has 0 fully saturated rings. The van der Waals surface area contributed by atoms with Crippen molar-refractivity contribution in [2.45, 2.75) is 11.8 Å². The summed E-state index contributed by atoms with van der Waals surface area (Å²) in [6, 6.07) is 5.16. The number of hydrogen-bond acceptors (Lipinski definition) is 4. The molecule has 0 bridgehead atoms. The third-order valence-corrected chi connectivity index (χ3v) is 3.67. The summed E-state index contributed by atoms with van der Waals surface area (Å²) in [6.07, 6.45) is 4.60. The van der Waals surface area contributed by atoms with Crippen molar-refractivity contribution in [1.29, 1.82) is 0 Å². The molecule has 6 heteroatoms. The summed E-state index contributed by atoms with van der Waals surface area (Å²) < 4.78 is 24.2. The Morgan fingerprint density at radius 2 is 2.06 bits per heavy atom. The molecule has 0 radical (unpaired) electrons. The van der Waals surface area contributed by atoms with Gasteiger partial charge in [0.2, 0.25) is 0 Å². The number of sulfone groups is 1. The van der Waals surface area contributed by atoms with Crippen LogP contribution in [0.15, 0.2) is 35.5 Å². The molecule has 1 aromatic heterocycles. The Kier molecular flexibility index (Phi) is 3.04. The molecule has 5 nitrogen and oxygen atoms in total. The van der Waals surface area contributed by atoms with E-state index in [2.05, 4.69) is 5.10 Å². The zero-order valence-electron chi connectivity index (χ0n) is 9.99. The average Bonchev–Trinajstić information content (AvgIpc) is 2.78. The van der Waals surface area contributed by atoms with Crippen LogP contribution in [0.2, 0.25) is 0 Å². The topological polar surface area (TPSA) is 69.0 Å². The molecule has 0 saturated heterocycles. The van der Waals surface area contributed by atoms with E-state index in [1.165, 1.54) is 17.1 Å². The van der Waals surface area contributed by atoms with Crippen LogP contribution in [0.3, 0.4) is 0 Å². The number of aryl methyl sites for hydroxylation is 1. The highest BCUT2D eigenvalue weighted by molar-refractivity contribution is 7.90. The van der Waals surface area contributed by atoms with E-state index in [0.717, 1.165) is 18.1 Å². The molecule has 18 heavy (non-hydrogen) atoms. The van der Waals surface area contributed by atoms with Gasteiger partial charge in [-0.15, -0.1) is 0 Å². The molecule has 0 saturated carbocycles. The lowest BCUT2D eigenvalue weighted by Gasteiger charge is -2.06. The van der Waals surface area contributed by atoms with E-state index in [1.54, 1.807) is 18.2 Å². The van der Waals surface area contributed by atoms with E-state index in [0.29, 0.717) is 11.3 Å². The lowest BCUT2D eigenvalue weighted by molar-refractivity contribution is 0.112. The van der Waals surface area contributed by atoms with E-state index >= 15 is 0 Å². The van der Waals surface area contributed by atoms with E-state index in [9.17, 15) is 13.2 Å². The van der Waals surface area contributed by atoms with Crippen LogP contribution in [0.1, 0.15) is 15.9 Å². The highest BCUT2D eigenvalue weighted by atomic mass is 32.2. The van der Waals surface area contributed by atoms with Crippen molar-refractivity contribution in [1.82, 2.24) is 9.78 Å². The van der Waals surface area contributed by atoms with Crippen LogP contribution in [0.4, 0.5) is 0 Å². The minimum atomic E-state index is -3.27. The maximum Gasteiger partial charge on any atom is 0.178 e. The van der Waals surface area contributed by atoms with Crippen molar-refractivity contribution in [3.05, 3.63) is 41.7 Å². The molecule has 1 heterocycles. The fourth-order valence-electron chi connectivity index (χ4n) is 1.58. The summed E-state index contributed by atoms with van der Waals surface area (Å²) in [7, 11) is -3.27. The fraction of sp³-hybridized carbons (Fsp3) is 0.167. The molecule has 0 N–H and O–H groups in total. The number of rotatable bonds is 3. The van der Waals surface area contributed by atoms with Gasteiger partial charge in [-0.3, -0.25) is 4.79 Å². The van der Waals surface area contributed by atoms with Crippen LogP contribution in [0.5, 0.6) is 0 Å². The van der Waals surface area contributed by atoms with Gasteiger partial charge in [0.15, 0.2) is 9.84 Å². The first-order chi connectivity index (χ1) is 8.41. The lowest BCUT2D eigenvalue weighted by atomic mass is 10.1. The molecular formula is C12H12N2O3S. The van der Waals surface area contributed by atoms with Gasteiger partial charge in [-0.05, 0) is 18.6 Å². The number of aldehydes is 1. The Labute approximate surface area is 105 Å². The highest BCUT2D eigenvalue weighted by Crippen LogP contribution is 2.17. The zero-order valence-corrected chi connectivity index (χ0v) is 10.8. The SMILES string of the molecule is Cc1ccc(C=O)cc1-n1cc(S(C)(=O)=O)cn1. The van der Waals surface area contributed by atoms with Crippen LogP contribution in [0, 0.1) is 6.92 Å². The van der Waals surface area contributed by atoms with Gasteiger partial charge in [0.1, 0.15) is 11.2 Å². The van der Waals surface area contributed by atoms with Gasteiger partial charge in [0.25, 0.3) is 0 Å². The number of benzene rings is 1. The van der Waals surface area contributed by atoms with Gasteiger partial charge in [0.05, 0.1) is 11.9 Å². The highest BCUT2D eigenvalue weighted by Gasteiger charge is 2.11. The van der Waals surface area contributed by atoms with Gasteiger partial charge >= 0.3 is 0 Å². The van der Waals surface area contributed by atoms with Crippen molar-refractivity contribution in [2.75, 3.05) is 6.26 Å². The van der Waals surface area contributed by atoms with Crippen molar-refractivity contribution in [3.8, 4) is 5.69 Å². The zero-order chi connectivity index (χ0) is 13.3. The van der Waals surface area contributed by atoms with Gasteiger partial charge < -0.3 is 0 Å². The standard InChI is InChI=1S/C12H12N2O3S/c1-9-3-4-10(8-15)5-12(9)14-7-11(6-13-14)18(2,16)17/h3-8H,1-2H3. The number of hydrogen-bond donors (Lipinski definition) is 0. The third kappa shape index (κ3) is 2.33. The quantitative estimate of drug-likeness (QED) is 0.786. The van der Waals surface area contributed by atoms with Gasteiger partial charge in [-0.2, -0.15) is 5.10 Å². The number of carbonyl (C=O) groups excluding carboxylic acids is 1.